The zero-order valence-electron chi connectivity index (χ0n) is 11.9. The van der Waals surface area contributed by atoms with Crippen molar-refractivity contribution in [3.63, 3.8) is 0 Å². The minimum Gasteiger partial charge on any atom is -0.497 e. The van der Waals surface area contributed by atoms with Crippen LogP contribution in [0.3, 0.4) is 0 Å². The number of carbonyl (C=O) groups is 1. The minimum atomic E-state index is -0.717. The van der Waals surface area contributed by atoms with Crippen LogP contribution >= 0.6 is 0 Å². The van der Waals surface area contributed by atoms with Gasteiger partial charge in [0.15, 0.2) is 0 Å². The van der Waals surface area contributed by atoms with Crippen molar-refractivity contribution in [1.29, 1.82) is 0 Å². The highest BCUT2D eigenvalue weighted by Gasteiger charge is 2.17. The third-order valence-corrected chi connectivity index (χ3v) is 3.67. The molecule has 1 aliphatic heterocycles. The van der Waals surface area contributed by atoms with E-state index >= 15 is 0 Å². The van der Waals surface area contributed by atoms with Gasteiger partial charge in [0.05, 0.1) is 13.5 Å². The fourth-order valence-electron chi connectivity index (χ4n) is 2.41. The largest absolute Gasteiger partial charge is 0.497 e. The van der Waals surface area contributed by atoms with Gasteiger partial charge in [-0.15, -0.1) is 0 Å². The Morgan fingerprint density at radius 3 is 2.30 bits per heavy atom. The van der Waals surface area contributed by atoms with E-state index in [2.05, 4.69) is 21.9 Å². The summed E-state index contributed by atoms with van der Waals surface area (Å²) in [4.78, 5) is 15.2. The molecule has 0 radical (unpaired) electrons. The van der Waals surface area contributed by atoms with E-state index in [9.17, 15) is 4.79 Å². The van der Waals surface area contributed by atoms with Gasteiger partial charge in [-0.05, 0) is 17.7 Å². The molecule has 0 amide bonds. The fraction of sp³-hybridized carbons (Fsp3) is 0.533. The summed E-state index contributed by atoms with van der Waals surface area (Å²) in [5.41, 5.74) is 1.28. The van der Waals surface area contributed by atoms with Gasteiger partial charge in [0.25, 0.3) is 0 Å². The molecule has 0 atom stereocenters. The molecule has 0 aliphatic carbocycles. The lowest BCUT2D eigenvalue weighted by atomic mass is 10.2. The molecule has 1 heterocycles. The summed E-state index contributed by atoms with van der Waals surface area (Å²) >= 11 is 0. The molecule has 1 fully saturated rings. The second-order valence-corrected chi connectivity index (χ2v) is 5.11. The van der Waals surface area contributed by atoms with Gasteiger partial charge in [0.2, 0.25) is 0 Å². The quantitative estimate of drug-likeness (QED) is 0.849. The first-order chi connectivity index (χ1) is 9.67. The van der Waals surface area contributed by atoms with E-state index in [-0.39, 0.29) is 6.42 Å². The van der Waals surface area contributed by atoms with Gasteiger partial charge in [0.1, 0.15) is 5.75 Å². The summed E-state index contributed by atoms with van der Waals surface area (Å²) in [6.07, 6.45) is 0.235. The summed E-state index contributed by atoms with van der Waals surface area (Å²) in [5, 5.41) is 8.69. The number of piperazine rings is 1. The maximum Gasteiger partial charge on any atom is 0.304 e. The average molecular weight is 278 g/mol. The predicted octanol–water partition coefficient (Wildman–Crippen LogP) is 1.29. The molecular weight excluding hydrogens is 256 g/mol. The van der Waals surface area contributed by atoms with Crippen LogP contribution in [-0.2, 0) is 11.3 Å². The van der Waals surface area contributed by atoms with Crippen LogP contribution in [0, 0.1) is 0 Å². The van der Waals surface area contributed by atoms with Crippen molar-refractivity contribution in [2.24, 2.45) is 0 Å². The first-order valence-electron chi connectivity index (χ1n) is 6.97. The van der Waals surface area contributed by atoms with Crippen LogP contribution in [0.5, 0.6) is 5.75 Å². The number of nitrogens with zero attached hydrogens (tertiary/aromatic N) is 2. The summed E-state index contributed by atoms with van der Waals surface area (Å²) in [6.45, 7) is 5.48. The lowest BCUT2D eigenvalue weighted by Gasteiger charge is -2.34. The summed E-state index contributed by atoms with van der Waals surface area (Å²) in [7, 11) is 1.67. The molecule has 1 aliphatic rings. The molecular formula is C15H22N2O3. The highest BCUT2D eigenvalue weighted by molar-refractivity contribution is 5.66. The van der Waals surface area contributed by atoms with Crippen LogP contribution in [0.15, 0.2) is 24.3 Å². The molecule has 0 spiro atoms. The van der Waals surface area contributed by atoms with Gasteiger partial charge >= 0.3 is 5.97 Å². The van der Waals surface area contributed by atoms with Crippen molar-refractivity contribution in [2.45, 2.75) is 13.0 Å². The standard InChI is InChI=1S/C15H22N2O3/c1-20-14-4-2-13(3-5-14)12-17-10-8-16(9-11-17)7-6-15(18)19/h2-5H,6-12H2,1H3,(H,18,19). The number of rotatable bonds is 6. The molecule has 1 saturated heterocycles. The number of carboxylic acids is 1. The van der Waals surface area contributed by atoms with Crippen LogP contribution in [0.1, 0.15) is 12.0 Å². The van der Waals surface area contributed by atoms with Gasteiger partial charge < -0.3 is 14.7 Å². The second-order valence-electron chi connectivity index (χ2n) is 5.11. The van der Waals surface area contributed by atoms with E-state index in [0.29, 0.717) is 6.54 Å². The monoisotopic (exact) mass is 278 g/mol. The van der Waals surface area contributed by atoms with E-state index in [1.54, 1.807) is 7.11 Å². The summed E-state index contributed by atoms with van der Waals surface area (Å²) < 4.78 is 5.15. The molecule has 1 aromatic rings. The first-order valence-corrected chi connectivity index (χ1v) is 6.97. The Labute approximate surface area is 119 Å². The molecule has 110 valence electrons. The molecule has 1 aromatic carbocycles. The normalized spacial score (nSPS) is 17.1. The molecule has 0 unspecified atom stereocenters. The number of benzene rings is 1. The van der Waals surface area contributed by atoms with Gasteiger partial charge in [-0.25, -0.2) is 0 Å². The van der Waals surface area contributed by atoms with Crippen LogP contribution in [-0.4, -0.2) is 60.7 Å². The van der Waals surface area contributed by atoms with E-state index in [1.165, 1.54) is 5.56 Å². The molecule has 5 heteroatoms. The van der Waals surface area contributed by atoms with Gasteiger partial charge in [-0.1, -0.05) is 12.1 Å². The SMILES string of the molecule is COc1ccc(CN2CCN(CCC(=O)O)CC2)cc1. The van der Waals surface area contributed by atoms with Crippen molar-refractivity contribution >= 4 is 5.97 Å². The highest BCUT2D eigenvalue weighted by Crippen LogP contribution is 2.14. The first kappa shape index (κ1) is 14.8. The Bertz CT molecular complexity index is 425. The number of hydrogen-bond donors (Lipinski definition) is 1. The third kappa shape index (κ3) is 4.51. The lowest BCUT2D eigenvalue weighted by molar-refractivity contribution is -0.137. The van der Waals surface area contributed by atoms with Crippen LogP contribution in [0.4, 0.5) is 0 Å². The van der Waals surface area contributed by atoms with E-state index in [4.69, 9.17) is 9.84 Å². The van der Waals surface area contributed by atoms with E-state index < -0.39 is 5.97 Å². The second kappa shape index (κ2) is 7.26. The predicted molar refractivity (Wildman–Crippen MR) is 77.0 cm³/mol. The van der Waals surface area contributed by atoms with E-state index in [0.717, 1.165) is 38.5 Å². The van der Waals surface area contributed by atoms with Crippen molar-refractivity contribution in [3.05, 3.63) is 29.8 Å². The Hall–Kier alpha value is -1.59. The Kier molecular flexibility index (Phi) is 5.38. The summed E-state index contributed by atoms with van der Waals surface area (Å²) in [5.74, 6) is 0.165. The van der Waals surface area contributed by atoms with Crippen molar-refractivity contribution < 1.29 is 14.6 Å². The molecule has 5 nitrogen and oxygen atoms in total. The smallest absolute Gasteiger partial charge is 0.304 e. The minimum absolute atomic E-state index is 0.235. The van der Waals surface area contributed by atoms with E-state index in [1.807, 2.05) is 12.1 Å². The molecule has 0 bridgehead atoms. The van der Waals surface area contributed by atoms with Crippen LogP contribution in [0.2, 0.25) is 0 Å². The number of hydrogen-bond acceptors (Lipinski definition) is 4. The fourth-order valence-corrected chi connectivity index (χ4v) is 2.41. The van der Waals surface area contributed by atoms with Crippen LogP contribution in [0.25, 0.3) is 0 Å². The molecule has 0 saturated carbocycles. The average Bonchev–Trinajstić information content (AvgIpc) is 2.47. The zero-order chi connectivity index (χ0) is 14.4. The highest BCUT2D eigenvalue weighted by atomic mass is 16.5. The number of carboxylic acid groups (broad SMARTS) is 1. The van der Waals surface area contributed by atoms with Crippen LogP contribution < -0.4 is 4.74 Å². The maximum atomic E-state index is 10.6. The van der Waals surface area contributed by atoms with Gasteiger partial charge in [-0.3, -0.25) is 9.69 Å². The molecule has 0 aromatic heterocycles. The van der Waals surface area contributed by atoms with Crippen molar-refractivity contribution in [2.75, 3.05) is 39.8 Å². The van der Waals surface area contributed by atoms with Gasteiger partial charge in [0, 0.05) is 39.3 Å². The maximum absolute atomic E-state index is 10.6. The Morgan fingerprint density at radius 1 is 1.15 bits per heavy atom. The van der Waals surface area contributed by atoms with Crippen molar-refractivity contribution in [1.82, 2.24) is 9.80 Å². The number of ether oxygens (including phenoxy) is 1. The Balaban J connectivity index is 1.74. The molecule has 20 heavy (non-hydrogen) atoms. The van der Waals surface area contributed by atoms with Crippen molar-refractivity contribution in [3.8, 4) is 5.75 Å². The zero-order valence-corrected chi connectivity index (χ0v) is 11.9. The lowest BCUT2D eigenvalue weighted by Crippen LogP contribution is -2.46. The molecule has 1 N–H and O–H groups in total. The summed E-state index contributed by atoms with van der Waals surface area (Å²) in [6, 6.07) is 8.15. The molecule has 2 rings (SSSR count). The third-order valence-electron chi connectivity index (χ3n) is 3.67. The topological polar surface area (TPSA) is 53.0 Å². The number of aliphatic carboxylic acids is 1. The number of methoxy groups -OCH3 is 1. The Morgan fingerprint density at radius 2 is 1.75 bits per heavy atom. The van der Waals surface area contributed by atoms with Gasteiger partial charge in [-0.2, -0.15) is 0 Å².